The zero-order valence-electron chi connectivity index (χ0n) is 12.1. The van der Waals surface area contributed by atoms with E-state index in [0.29, 0.717) is 31.1 Å². The smallest absolute Gasteiger partial charge is 0.226 e. The number of morpholine rings is 1. The Labute approximate surface area is 135 Å². The summed E-state index contributed by atoms with van der Waals surface area (Å²) in [6.45, 7) is 1.43. The number of hydrogen-bond acceptors (Lipinski definition) is 4. The summed E-state index contributed by atoms with van der Waals surface area (Å²) in [4.78, 5) is 14.2. The second-order valence-corrected chi connectivity index (χ2v) is 8.46. The molecule has 1 aromatic carbocycles. The first-order valence-electron chi connectivity index (χ1n) is 7.31. The molecule has 0 radical (unpaired) electrons. The van der Waals surface area contributed by atoms with E-state index < -0.39 is 15.8 Å². The minimum absolute atomic E-state index is 0.0190. The van der Waals surface area contributed by atoms with Gasteiger partial charge >= 0.3 is 0 Å². The van der Waals surface area contributed by atoms with Crippen LogP contribution in [0, 0.1) is 5.92 Å². The van der Waals surface area contributed by atoms with E-state index in [-0.39, 0.29) is 23.5 Å². The third-order valence-corrected chi connectivity index (χ3v) is 6.22. The standard InChI is InChI=1S/C15H18ClNO4S/c16-13-3-1-11(2-4-13)14-9-17(6-7-21-14)15(18)12-5-8-22(19,20)10-12/h1-4,12,14H,5-10H2/t12-,14-/m0/s1. The zero-order chi connectivity index (χ0) is 15.7. The van der Waals surface area contributed by atoms with Gasteiger partial charge in [0.05, 0.1) is 30.6 Å². The Morgan fingerprint density at radius 2 is 2.00 bits per heavy atom. The summed E-state index contributed by atoms with van der Waals surface area (Å²) in [5, 5.41) is 0.656. The molecule has 0 bridgehead atoms. The van der Waals surface area contributed by atoms with Crippen LogP contribution in [-0.4, -0.2) is 50.4 Å². The zero-order valence-corrected chi connectivity index (χ0v) is 13.6. The molecular weight excluding hydrogens is 326 g/mol. The Bertz CT molecular complexity index is 659. The van der Waals surface area contributed by atoms with Gasteiger partial charge in [-0.3, -0.25) is 4.79 Å². The van der Waals surface area contributed by atoms with Crippen LogP contribution in [0.25, 0.3) is 0 Å². The van der Waals surface area contributed by atoms with Gasteiger partial charge in [-0.1, -0.05) is 23.7 Å². The van der Waals surface area contributed by atoms with Crippen molar-refractivity contribution in [1.82, 2.24) is 4.90 Å². The van der Waals surface area contributed by atoms with Crippen LogP contribution in [0.5, 0.6) is 0 Å². The largest absolute Gasteiger partial charge is 0.370 e. The van der Waals surface area contributed by atoms with Gasteiger partial charge in [0, 0.05) is 11.6 Å². The summed E-state index contributed by atoms with van der Waals surface area (Å²) in [6.07, 6.45) is 0.248. The van der Waals surface area contributed by atoms with Gasteiger partial charge in [-0.15, -0.1) is 0 Å². The van der Waals surface area contributed by atoms with Crippen molar-refractivity contribution in [2.24, 2.45) is 5.92 Å². The number of nitrogens with zero attached hydrogens (tertiary/aromatic N) is 1. The van der Waals surface area contributed by atoms with Crippen LogP contribution in [-0.2, 0) is 19.4 Å². The Kier molecular flexibility index (Phi) is 4.43. The molecule has 2 saturated heterocycles. The molecule has 2 atom stereocenters. The quantitative estimate of drug-likeness (QED) is 0.819. The van der Waals surface area contributed by atoms with Crippen molar-refractivity contribution in [1.29, 1.82) is 0 Å². The highest BCUT2D eigenvalue weighted by Crippen LogP contribution is 2.27. The van der Waals surface area contributed by atoms with Crippen LogP contribution in [0.3, 0.4) is 0 Å². The Morgan fingerprint density at radius 1 is 1.27 bits per heavy atom. The third-order valence-electron chi connectivity index (χ3n) is 4.20. The van der Waals surface area contributed by atoms with Gasteiger partial charge in [-0.05, 0) is 24.1 Å². The van der Waals surface area contributed by atoms with Gasteiger partial charge in [0.2, 0.25) is 5.91 Å². The number of amides is 1. The first-order valence-corrected chi connectivity index (χ1v) is 9.51. The molecule has 1 amide bonds. The van der Waals surface area contributed by atoms with Gasteiger partial charge in [-0.2, -0.15) is 0 Å². The van der Waals surface area contributed by atoms with Crippen LogP contribution >= 0.6 is 11.6 Å². The van der Waals surface area contributed by atoms with Crippen molar-refractivity contribution >= 4 is 27.3 Å². The lowest BCUT2D eigenvalue weighted by Crippen LogP contribution is -2.45. The highest BCUT2D eigenvalue weighted by atomic mass is 35.5. The molecule has 0 N–H and O–H groups in total. The highest BCUT2D eigenvalue weighted by molar-refractivity contribution is 7.91. The van der Waals surface area contributed by atoms with E-state index in [1.165, 1.54) is 0 Å². The summed E-state index contributed by atoms with van der Waals surface area (Å²) < 4.78 is 28.8. The van der Waals surface area contributed by atoms with E-state index in [9.17, 15) is 13.2 Å². The lowest BCUT2D eigenvalue weighted by Gasteiger charge is -2.34. The van der Waals surface area contributed by atoms with Crippen molar-refractivity contribution in [2.45, 2.75) is 12.5 Å². The summed E-state index contributed by atoms with van der Waals surface area (Å²) in [6, 6.07) is 7.37. The molecule has 0 aliphatic carbocycles. The molecule has 3 rings (SSSR count). The summed E-state index contributed by atoms with van der Waals surface area (Å²) in [5.41, 5.74) is 0.973. The predicted molar refractivity (Wildman–Crippen MR) is 83.5 cm³/mol. The number of halogens is 1. The molecule has 22 heavy (non-hydrogen) atoms. The molecule has 0 spiro atoms. The van der Waals surface area contributed by atoms with E-state index in [2.05, 4.69) is 0 Å². The van der Waals surface area contributed by atoms with Crippen molar-refractivity contribution in [3.05, 3.63) is 34.9 Å². The number of benzene rings is 1. The Morgan fingerprint density at radius 3 is 2.64 bits per heavy atom. The SMILES string of the molecule is O=C([C@H]1CCS(=O)(=O)C1)N1CCO[C@H](c2ccc(Cl)cc2)C1. The summed E-state index contributed by atoms with van der Waals surface area (Å²) in [5.74, 6) is -0.360. The molecule has 0 aromatic heterocycles. The maximum atomic E-state index is 12.5. The van der Waals surface area contributed by atoms with Crippen LogP contribution in [0.2, 0.25) is 5.02 Å². The van der Waals surface area contributed by atoms with E-state index in [4.69, 9.17) is 16.3 Å². The van der Waals surface area contributed by atoms with Crippen molar-refractivity contribution in [3.63, 3.8) is 0 Å². The first-order chi connectivity index (χ1) is 10.4. The lowest BCUT2D eigenvalue weighted by molar-refractivity contribution is -0.142. The second kappa shape index (κ2) is 6.18. The second-order valence-electron chi connectivity index (χ2n) is 5.80. The van der Waals surface area contributed by atoms with Gasteiger partial charge in [0.25, 0.3) is 0 Å². The topological polar surface area (TPSA) is 63.7 Å². The molecule has 2 aliphatic heterocycles. The summed E-state index contributed by atoms with van der Waals surface area (Å²) in [7, 11) is -3.04. The van der Waals surface area contributed by atoms with E-state index >= 15 is 0 Å². The van der Waals surface area contributed by atoms with Crippen molar-refractivity contribution in [2.75, 3.05) is 31.2 Å². The van der Waals surface area contributed by atoms with Gasteiger partial charge in [-0.25, -0.2) is 8.42 Å². The maximum absolute atomic E-state index is 12.5. The number of ether oxygens (including phenoxy) is 1. The molecule has 2 aliphatic rings. The Hall–Kier alpha value is -1.11. The van der Waals surface area contributed by atoms with Crippen molar-refractivity contribution < 1.29 is 17.9 Å². The number of sulfone groups is 1. The summed E-state index contributed by atoms with van der Waals surface area (Å²) >= 11 is 5.88. The number of rotatable bonds is 2. The minimum atomic E-state index is -3.04. The van der Waals surface area contributed by atoms with E-state index in [1.54, 1.807) is 17.0 Å². The van der Waals surface area contributed by atoms with Crippen molar-refractivity contribution in [3.8, 4) is 0 Å². The van der Waals surface area contributed by atoms with Crippen LogP contribution < -0.4 is 0 Å². The monoisotopic (exact) mass is 343 g/mol. The molecule has 7 heteroatoms. The molecule has 5 nitrogen and oxygen atoms in total. The fourth-order valence-corrected chi connectivity index (χ4v) is 4.84. The molecule has 0 unspecified atom stereocenters. The minimum Gasteiger partial charge on any atom is -0.370 e. The maximum Gasteiger partial charge on any atom is 0.226 e. The fraction of sp³-hybridized carbons (Fsp3) is 0.533. The number of carbonyl (C=O) groups is 1. The fourth-order valence-electron chi connectivity index (χ4n) is 2.98. The molecule has 1 aromatic rings. The van der Waals surface area contributed by atoms with Crippen LogP contribution in [0.1, 0.15) is 18.1 Å². The molecule has 2 heterocycles. The third kappa shape index (κ3) is 3.45. The number of hydrogen-bond donors (Lipinski definition) is 0. The average molecular weight is 344 g/mol. The van der Waals surface area contributed by atoms with Gasteiger partial charge in [0.15, 0.2) is 9.84 Å². The molecule has 0 saturated carbocycles. The normalized spacial score (nSPS) is 27.8. The van der Waals surface area contributed by atoms with Crippen LogP contribution in [0.4, 0.5) is 0 Å². The van der Waals surface area contributed by atoms with Gasteiger partial charge < -0.3 is 9.64 Å². The lowest BCUT2D eigenvalue weighted by atomic mass is 10.0. The van der Waals surface area contributed by atoms with E-state index in [1.807, 2.05) is 12.1 Å². The average Bonchev–Trinajstić information content (AvgIpc) is 2.87. The van der Waals surface area contributed by atoms with E-state index in [0.717, 1.165) is 5.56 Å². The Balaban J connectivity index is 1.68. The van der Waals surface area contributed by atoms with Gasteiger partial charge in [0.1, 0.15) is 6.10 Å². The molecular formula is C15H18ClNO4S. The predicted octanol–water partition coefficient (Wildman–Crippen LogP) is 1.67. The molecule has 2 fully saturated rings. The van der Waals surface area contributed by atoms with Crippen LogP contribution in [0.15, 0.2) is 24.3 Å². The first kappa shape index (κ1) is 15.8. The number of carbonyl (C=O) groups excluding carboxylic acids is 1. The molecule has 120 valence electrons. The highest BCUT2D eigenvalue weighted by Gasteiger charge is 2.37.